The predicted molar refractivity (Wildman–Crippen MR) is 174 cm³/mol. The van der Waals surface area contributed by atoms with Crippen molar-refractivity contribution in [3.63, 3.8) is 0 Å². The zero-order valence-corrected chi connectivity index (χ0v) is 26.7. The molecule has 45 heavy (non-hydrogen) atoms. The fraction of sp³-hybridized carbons (Fsp3) is 0.333. The second kappa shape index (κ2) is 15.0. The largest absolute Gasteiger partial charge is 0.487 e. The Morgan fingerprint density at radius 2 is 1.76 bits per heavy atom. The van der Waals surface area contributed by atoms with Crippen molar-refractivity contribution >= 4 is 38.6 Å². The molecule has 4 N–H and O–H groups in total. The lowest BCUT2D eigenvalue weighted by molar-refractivity contribution is 0.0668. The second-order valence-corrected chi connectivity index (χ2v) is 12.5. The lowest BCUT2D eigenvalue weighted by Gasteiger charge is -2.19. The summed E-state index contributed by atoms with van der Waals surface area (Å²) in [5.41, 5.74) is 3.69. The van der Waals surface area contributed by atoms with E-state index >= 15 is 0 Å². The van der Waals surface area contributed by atoms with Gasteiger partial charge in [0.15, 0.2) is 0 Å². The van der Waals surface area contributed by atoms with Crippen LogP contribution in [0.5, 0.6) is 5.75 Å². The monoisotopic (exact) mass is 636 g/mol. The normalized spacial score (nSPS) is 12.7. The minimum Gasteiger partial charge on any atom is -0.487 e. The molecular weight excluding hydrogens is 596 g/mol. The van der Waals surface area contributed by atoms with Crippen LogP contribution in [0, 0.1) is 0 Å². The van der Waals surface area contributed by atoms with E-state index in [-0.39, 0.29) is 36.6 Å². The number of para-hydroxylation sites is 1. The van der Waals surface area contributed by atoms with Gasteiger partial charge in [0, 0.05) is 30.7 Å². The molecule has 1 heterocycles. The van der Waals surface area contributed by atoms with E-state index < -0.39 is 22.2 Å². The molecule has 2 atom stereocenters. The number of hydrogen-bond donors (Lipinski definition) is 4. The number of sulfonamides is 1. The molecule has 0 fully saturated rings. The highest BCUT2D eigenvalue weighted by molar-refractivity contribution is 7.92. The fourth-order valence-electron chi connectivity index (χ4n) is 5.01. The zero-order valence-electron chi connectivity index (χ0n) is 25.9. The summed E-state index contributed by atoms with van der Waals surface area (Å²) in [6, 6.07) is 19.3. The van der Waals surface area contributed by atoms with Crippen molar-refractivity contribution in [2.24, 2.45) is 0 Å². The molecule has 0 spiro atoms. The van der Waals surface area contributed by atoms with Crippen LogP contribution < -0.4 is 14.8 Å². The summed E-state index contributed by atoms with van der Waals surface area (Å²) in [6.45, 7) is 6.81. The smallest absolute Gasteiger partial charge is 0.407 e. The number of carbonyl (C=O) groups excluding carboxylic acids is 2. The number of aromatic amines is 1. The van der Waals surface area contributed by atoms with Crippen LogP contribution in [-0.4, -0.2) is 67.4 Å². The van der Waals surface area contributed by atoms with E-state index in [9.17, 15) is 23.1 Å². The molecule has 4 rings (SSSR count). The van der Waals surface area contributed by atoms with Gasteiger partial charge < -0.3 is 29.8 Å². The van der Waals surface area contributed by atoms with Crippen molar-refractivity contribution in [2.45, 2.75) is 45.9 Å². The van der Waals surface area contributed by atoms with E-state index in [1.807, 2.05) is 69.4 Å². The maximum atomic E-state index is 13.0. The molecule has 0 aliphatic heterocycles. The van der Waals surface area contributed by atoms with E-state index in [1.165, 1.54) is 6.07 Å². The molecule has 0 bridgehead atoms. The Morgan fingerprint density at radius 3 is 2.44 bits per heavy atom. The first-order valence-electron chi connectivity index (χ1n) is 14.8. The van der Waals surface area contributed by atoms with Crippen molar-refractivity contribution < 1.29 is 32.6 Å². The Balaban J connectivity index is 1.36. The molecule has 0 saturated carbocycles. The molecule has 11 nitrogen and oxygen atoms in total. The molecule has 2 amide bonds. The Kier molecular flexibility index (Phi) is 11.1. The van der Waals surface area contributed by atoms with Gasteiger partial charge in [-0.25, -0.2) is 13.2 Å². The molecule has 0 saturated heterocycles. The number of nitrogens with zero attached hydrogens (tertiary/aromatic N) is 1. The lowest BCUT2D eigenvalue weighted by atomic mass is 10.0. The molecule has 4 aromatic rings. The van der Waals surface area contributed by atoms with E-state index in [0.29, 0.717) is 30.6 Å². The summed E-state index contributed by atoms with van der Waals surface area (Å²) >= 11 is 0. The molecule has 0 aliphatic rings. The average molecular weight is 637 g/mol. The average Bonchev–Trinajstić information content (AvgIpc) is 3.42. The number of aromatic nitrogens is 1. The number of aliphatic hydroxyl groups excluding tert-OH is 1. The number of H-pyrrole nitrogens is 1. The summed E-state index contributed by atoms with van der Waals surface area (Å²) < 4.78 is 37.5. The van der Waals surface area contributed by atoms with Crippen molar-refractivity contribution in [3.05, 3.63) is 95.2 Å². The summed E-state index contributed by atoms with van der Waals surface area (Å²) in [4.78, 5) is 30.5. The zero-order chi connectivity index (χ0) is 32.6. The SMILES string of the molecule is CCN(CC)C(=O)c1cccc2c(CC(C)NC(=O)OCC(O)c3ccc(OCc4ccccc4)c(NS(C)(=O)=O)c3)c[nH]c12. The van der Waals surface area contributed by atoms with Crippen LogP contribution in [0.1, 0.15) is 53.9 Å². The van der Waals surface area contributed by atoms with Crippen molar-refractivity contribution in [3.8, 4) is 5.75 Å². The van der Waals surface area contributed by atoms with Gasteiger partial charge in [0.05, 0.1) is 23.0 Å². The maximum absolute atomic E-state index is 13.0. The summed E-state index contributed by atoms with van der Waals surface area (Å²) in [5.74, 6) is 0.246. The first kappa shape index (κ1) is 33.3. The highest BCUT2D eigenvalue weighted by Crippen LogP contribution is 2.30. The Labute approximate surface area is 263 Å². The second-order valence-electron chi connectivity index (χ2n) is 10.8. The van der Waals surface area contributed by atoms with Gasteiger partial charge in [-0.1, -0.05) is 48.5 Å². The van der Waals surface area contributed by atoms with Gasteiger partial charge in [0.2, 0.25) is 10.0 Å². The number of benzene rings is 3. The highest BCUT2D eigenvalue weighted by Gasteiger charge is 2.20. The number of amides is 2. The quantitative estimate of drug-likeness (QED) is 0.152. The van der Waals surface area contributed by atoms with Crippen LogP contribution in [0.3, 0.4) is 0 Å². The number of anilines is 1. The third-order valence-electron chi connectivity index (χ3n) is 7.27. The van der Waals surface area contributed by atoms with Gasteiger partial charge in [-0.3, -0.25) is 9.52 Å². The van der Waals surface area contributed by atoms with Crippen LogP contribution in [0.15, 0.2) is 72.9 Å². The minimum atomic E-state index is -3.64. The van der Waals surface area contributed by atoms with E-state index in [1.54, 1.807) is 23.1 Å². The topological polar surface area (TPSA) is 150 Å². The number of fused-ring (bicyclic) bond motifs is 1. The number of ether oxygens (including phenoxy) is 2. The molecule has 0 aliphatic carbocycles. The van der Waals surface area contributed by atoms with Crippen molar-refractivity contribution in [1.82, 2.24) is 15.2 Å². The first-order chi connectivity index (χ1) is 21.5. The molecule has 240 valence electrons. The van der Waals surface area contributed by atoms with E-state index in [2.05, 4.69) is 15.0 Å². The molecule has 12 heteroatoms. The number of nitrogens with one attached hydrogen (secondary N) is 3. The third kappa shape index (κ3) is 8.99. The minimum absolute atomic E-state index is 0.0409. The van der Waals surface area contributed by atoms with Gasteiger partial charge in [0.25, 0.3) is 5.91 Å². The van der Waals surface area contributed by atoms with Crippen LogP contribution in [0.25, 0.3) is 10.9 Å². The van der Waals surface area contributed by atoms with Gasteiger partial charge >= 0.3 is 6.09 Å². The molecule has 2 unspecified atom stereocenters. The van der Waals surface area contributed by atoms with Gasteiger partial charge in [-0.15, -0.1) is 0 Å². The molecule has 0 radical (unpaired) electrons. The number of carbonyl (C=O) groups is 2. The lowest BCUT2D eigenvalue weighted by Crippen LogP contribution is -2.35. The van der Waals surface area contributed by atoms with Crippen LogP contribution in [0.4, 0.5) is 10.5 Å². The van der Waals surface area contributed by atoms with Crippen LogP contribution >= 0.6 is 0 Å². The van der Waals surface area contributed by atoms with Gasteiger partial charge in [-0.2, -0.15) is 0 Å². The summed E-state index contributed by atoms with van der Waals surface area (Å²) in [7, 11) is -3.64. The van der Waals surface area contributed by atoms with Crippen LogP contribution in [0.2, 0.25) is 0 Å². The molecular formula is C33H40N4O7S. The Morgan fingerprint density at radius 1 is 1.02 bits per heavy atom. The Bertz CT molecular complexity index is 1720. The van der Waals surface area contributed by atoms with Gasteiger partial charge in [-0.05, 0) is 62.1 Å². The molecule has 1 aromatic heterocycles. The third-order valence-corrected chi connectivity index (χ3v) is 7.86. The van der Waals surface area contributed by atoms with Gasteiger partial charge in [0.1, 0.15) is 25.1 Å². The van der Waals surface area contributed by atoms with E-state index in [4.69, 9.17) is 9.47 Å². The standard InChI is InChI=1S/C33H40N4O7S/c1-5-37(6-2)32(39)27-14-10-13-26-25(19-34-31(26)27)17-22(3)35-33(40)44-21-29(38)24-15-16-30(28(18-24)36-45(4,41)42)43-20-23-11-8-7-9-12-23/h7-16,18-19,22,29,34,36,38H,5-6,17,20-21H2,1-4H3,(H,35,40). The van der Waals surface area contributed by atoms with Crippen LogP contribution in [-0.2, 0) is 27.8 Å². The Hall–Kier alpha value is -4.55. The number of rotatable bonds is 14. The maximum Gasteiger partial charge on any atom is 0.407 e. The van der Waals surface area contributed by atoms with Crippen molar-refractivity contribution in [2.75, 3.05) is 30.7 Å². The number of alkyl carbamates (subject to hydrolysis) is 1. The summed E-state index contributed by atoms with van der Waals surface area (Å²) in [5, 5.41) is 14.4. The number of aliphatic hydroxyl groups is 1. The fourth-order valence-corrected chi connectivity index (χ4v) is 5.57. The summed E-state index contributed by atoms with van der Waals surface area (Å²) in [6.07, 6.45) is 1.41. The highest BCUT2D eigenvalue weighted by atomic mass is 32.2. The van der Waals surface area contributed by atoms with E-state index in [0.717, 1.165) is 28.3 Å². The predicted octanol–water partition coefficient (Wildman–Crippen LogP) is 4.99. The van der Waals surface area contributed by atoms with Crippen molar-refractivity contribution in [1.29, 1.82) is 0 Å². The first-order valence-corrected chi connectivity index (χ1v) is 16.7. The molecule has 3 aromatic carbocycles. The number of hydrogen-bond acceptors (Lipinski definition) is 7.